The van der Waals surface area contributed by atoms with Crippen molar-refractivity contribution < 1.29 is 36.3 Å². The maximum atomic E-state index is 10.3. The maximum absolute atomic E-state index is 10.3. The third-order valence-corrected chi connectivity index (χ3v) is 3.14. The predicted octanol–water partition coefficient (Wildman–Crippen LogP) is 3.09. The van der Waals surface area contributed by atoms with Crippen LogP contribution in [0.25, 0.3) is 10.6 Å². The fourth-order valence-corrected chi connectivity index (χ4v) is 1.98. The SMILES string of the molecule is O=C(O)C1CCC[N-]C1.O=C(O)C1CCC[N-]C1.[Cl][Pt+2][Cl]. The van der Waals surface area contributed by atoms with Crippen molar-refractivity contribution in [3.8, 4) is 0 Å². The third-order valence-electron chi connectivity index (χ3n) is 3.14. The molecule has 0 aromatic heterocycles. The Bertz CT molecular complexity index is 271. The van der Waals surface area contributed by atoms with Crippen LogP contribution in [0.2, 0.25) is 0 Å². The van der Waals surface area contributed by atoms with E-state index in [9.17, 15) is 9.59 Å². The van der Waals surface area contributed by atoms with E-state index in [4.69, 9.17) is 29.0 Å². The summed E-state index contributed by atoms with van der Waals surface area (Å²) in [6.07, 6.45) is 3.49. The topological polar surface area (TPSA) is 103 Å². The Morgan fingerprint density at radius 3 is 1.38 bits per heavy atom. The molecule has 9 heteroatoms. The number of piperidine rings is 2. The normalized spacial score (nSPS) is 24.9. The fourth-order valence-electron chi connectivity index (χ4n) is 1.98. The Morgan fingerprint density at radius 2 is 1.24 bits per heavy atom. The molecule has 2 fully saturated rings. The second-order valence-corrected chi connectivity index (χ2v) is 7.94. The van der Waals surface area contributed by atoms with Crippen molar-refractivity contribution in [2.24, 2.45) is 11.8 Å². The molecule has 2 N–H and O–H groups in total. The van der Waals surface area contributed by atoms with Crippen LogP contribution in [0, 0.1) is 11.8 Å². The van der Waals surface area contributed by atoms with Gasteiger partial charge in [0.25, 0.3) is 0 Å². The van der Waals surface area contributed by atoms with E-state index in [0.29, 0.717) is 13.1 Å². The van der Waals surface area contributed by atoms with E-state index >= 15 is 0 Å². The van der Waals surface area contributed by atoms with Crippen molar-refractivity contribution in [2.45, 2.75) is 25.7 Å². The molecule has 126 valence electrons. The fraction of sp³-hybridized carbons (Fsp3) is 0.833. The number of carboxylic acids is 2. The van der Waals surface area contributed by atoms with Crippen LogP contribution >= 0.6 is 18.8 Å². The molecule has 2 unspecified atom stereocenters. The molecular weight excluding hydrogens is 502 g/mol. The number of nitrogens with zero attached hydrogens (tertiary/aromatic N) is 2. The van der Waals surface area contributed by atoms with Crippen LogP contribution in [0.1, 0.15) is 25.7 Å². The van der Waals surface area contributed by atoms with Gasteiger partial charge in [-0.3, -0.25) is 9.59 Å². The molecule has 0 spiro atoms. The van der Waals surface area contributed by atoms with Gasteiger partial charge >= 0.3 is 47.3 Å². The van der Waals surface area contributed by atoms with Gasteiger partial charge in [0.05, 0.1) is 0 Å². The van der Waals surface area contributed by atoms with Gasteiger partial charge in [0.1, 0.15) is 0 Å². The van der Waals surface area contributed by atoms with Gasteiger partial charge in [-0.25, -0.2) is 0 Å². The van der Waals surface area contributed by atoms with Crippen LogP contribution in [0.3, 0.4) is 0 Å². The number of hydrogen-bond donors (Lipinski definition) is 2. The van der Waals surface area contributed by atoms with Gasteiger partial charge in [0.15, 0.2) is 0 Å². The monoisotopic (exact) mass is 521 g/mol. The predicted molar refractivity (Wildman–Crippen MR) is 78.6 cm³/mol. The quantitative estimate of drug-likeness (QED) is 0.582. The van der Waals surface area contributed by atoms with Crippen LogP contribution in [0.4, 0.5) is 0 Å². The second kappa shape index (κ2) is 13.8. The zero-order valence-electron chi connectivity index (χ0n) is 11.5. The van der Waals surface area contributed by atoms with E-state index in [-0.39, 0.29) is 11.8 Å². The minimum absolute atomic E-state index is 0.196. The molecule has 0 bridgehead atoms. The molecular formula is C12H20Cl2N2O4Pt. The average molecular weight is 522 g/mol. The Balaban J connectivity index is 0.000000322. The van der Waals surface area contributed by atoms with E-state index in [1.54, 1.807) is 0 Å². The summed E-state index contributed by atoms with van der Waals surface area (Å²) in [5, 5.41) is 25.0. The van der Waals surface area contributed by atoms with Crippen molar-refractivity contribution >= 4 is 30.8 Å². The number of halogens is 2. The van der Waals surface area contributed by atoms with E-state index < -0.39 is 28.4 Å². The van der Waals surface area contributed by atoms with Crippen LogP contribution in [-0.4, -0.2) is 48.3 Å². The Labute approximate surface area is 141 Å². The van der Waals surface area contributed by atoms with E-state index in [1.165, 1.54) is 0 Å². The third kappa shape index (κ3) is 11.4. The van der Waals surface area contributed by atoms with Crippen molar-refractivity contribution in [2.75, 3.05) is 26.2 Å². The van der Waals surface area contributed by atoms with Crippen LogP contribution in [0.15, 0.2) is 0 Å². The van der Waals surface area contributed by atoms with Crippen molar-refractivity contribution in [1.29, 1.82) is 0 Å². The molecule has 0 aliphatic carbocycles. The average Bonchev–Trinajstić information content (AvgIpc) is 2.50. The van der Waals surface area contributed by atoms with Gasteiger partial charge in [-0.1, -0.05) is 12.8 Å². The van der Waals surface area contributed by atoms with Crippen LogP contribution in [0.5, 0.6) is 0 Å². The molecule has 2 rings (SSSR count). The summed E-state index contributed by atoms with van der Waals surface area (Å²) in [7, 11) is 9.75. The summed E-state index contributed by atoms with van der Waals surface area (Å²) in [6.45, 7) is 2.75. The van der Waals surface area contributed by atoms with E-state index in [1.807, 2.05) is 0 Å². The first kappa shape index (κ1) is 21.1. The summed E-state index contributed by atoms with van der Waals surface area (Å²) in [5.74, 6) is -1.78. The van der Waals surface area contributed by atoms with E-state index in [2.05, 4.69) is 10.6 Å². The number of carbonyl (C=O) groups is 2. The number of carboxylic acid groups (broad SMARTS) is 2. The van der Waals surface area contributed by atoms with Gasteiger partial charge in [0.2, 0.25) is 0 Å². The molecule has 2 saturated heterocycles. The van der Waals surface area contributed by atoms with Crippen molar-refractivity contribution in [3.05, 3.63) is 10.6 Å². The van der Waals surface area contributed by atoms with Gasteiger partial charge in [0, 0.05) is 11.8 Å². The Kier molecular flexibility index (Phi) is 13.9. The molecule has 2 aliphatic rings. The number of aliphatic carboxylic acids is 2. The van der Waals surface area contributed by atoms with Crippen molar-refractivity contribution in [1.82, 2.24) is 0 Å². The summed E-state index contributed by atoms with van der Waals surface area (Å²) in [5.41, 5.74) is 0. The molecule has 2 heterocycles. The van der Waals surface area contributed by atoms with Crippen LogP contribution < -0.4 is 0 Å². The molecule has 0 amide bonds. The second-order valence-electron chi connectivity index (χ2n) is 4.66. The Hall–Kier alpha value is 0.128. The molecule has 0 aromatic carbocycles. The zero-order valence-corrected chi connectivity index (χ0v) is 15.3. The number of rotatable bonds is 2. The molecule has 6 nitrogen and oxygen atoms in total. The molecule has 0 aromatic rings. The molecule has 0 radical (unpaired) electrons. The first-order valence-electron chi connectivity index (χ1n) is 6.57. The Morgan fingerprint density at radius 1 is 0.905 bits per heavy atom. The first-order chi connectivity index (χ1) is 10.0. The van der Waals surface area contributed by atoms with Gasteiger partial charge in [-0.15, -0.1) is 26.2 Å². The molecule has 0 saturated carbocycles. The summed E-state index contributed by atoms with van der Waals surface area (Å²) in [6, 6.07) is 0. The van der Waals surface area contributed by atoms with Crippen LogP contribution in [-0.2, 0) is 26.1 Å². The van der Waals surface area contributed by atoms with Gasteiger partial charge in [-0.2, -0.15) is 0 Å². The van der Waals surface area contributed by atoms with E-state index in [0.717, 1.165) is 38.8 Å². The first-order valence-corrected chi connectivity index (χ1v) is 12.2. The summed E-state index contributed by atoms with van der Waals surface area (Å²) in [4.78, 5) is 20.6. The molecule has 21 heavy (non-hydrogen) atoms. The summed E-state index contributed by atoms with van der Waals surface area (Å²) < 4.78 is 0. The summed E-state index contributed by atoms with van der Waals surface area (Å²) >= 11 is -0.472. The number of hydrogen-bond acceptors (Lipinski definition) is 2. The molecule has 2 aliphatic heterocycles. The van der Waals surface area contributed by atoms with Crippen molar-refractivity contribution in [3.63, 3.8) is 0 Å². The minimum atomic E-state index is -0.696. The zero-order chi connectivity index (χ0) is 16.1. The van der Waals surface area contributed by atoms with Gasteiger partial charge in [-0.05, 0) is 12.8 Å². The standard InChI is InChI=1S/2C6H10NO2.2ClH.Pt/c2*8-6(9)5-2-1-3-7-4-5;;;/h2*5H,1-4H2,(H,8,9);2*1H;/q2*-1;;;+4/p-2. The van der Waals surface area contributed by atoms with Gasteiger partial charge < -0.3 is 20.8 Å². The molecule has 2 atom stereocenters.